The molecule has 0 bridgehead atoms. The number of benzene rings is 1. The van der Waals surface area contributed by atoms with Crippen molar-refractivity contribution in [3.05, 3.63) is 35.3 Å². The van der Waals surface area contributed by atoms with E-state index in [4.69, 9.17) is 4.74 Å². The number of hydrogen-bond donors (Lipinski definition) is 0. The minimum absolute atomic E-state index is 0.152. The summed E-state index contributed by atoms with van der Waals surface area (Å²) < 4.78 is 4.86. The van der Waals surface area contributed by atoms with Crippen LogP contribution in [0.5, 0.6) is 0 Å². The van der Waals surface area contributed by atoms with E-state index in [-0.39, 0.29) is 12.4 Å². The molecule has 0 aliphatic carbocycles. The second-order valence-corrected chi connectivity index (χ2v) is 4.81. The van der Waals surface area contributed by atoms with Crippen LogP contribution in [0.4, 0.5) is 16.5 Å². The number of rotatable bonds is 6. The van der Waals surface area contributed by atoms with Gasteiger partial charge in [0.2, 0.25) is 5.13 Å². The van der Waals surface area contributed by atoms with E-state index >= 15 is 0 Å². The van der Waals surface area contributed by atoms with Crippen molar-refractivity contribution < 1.29 is 9.53 Å². The van der Waals surface area contributed by atoms with Crippen molar-refractivity contribution in [1.82, 2.24) is 4.98 Å². The lowest BCUT2D eigenvalue weighted by Gasteiger charge is -1.97. The van der Waals surface area contributed by atoms with Crippen LogP contribution in [-0.2, 0) is 16.0 Å². The first kappa shape index (κ1) is 15.0. The second-order valence-electron chi connectivity index (χ2n) is 3.98. The van der Waals surface area contributed by atoms with Crippen molar-refractivity contribution in [2.75, 3.05) is 6.61 Å². The molecule has 0 N–H and O–H groups in total. The monoisotopic (exact) mass is 302 g/mol. The Morgan fingerprint density at radius 3 is 2.67 bits per heavy atom. The van der Waals surface area contributed by atoms with Crippen LogP contribution in [0.25, 0.3) is 0 Å². The number of ether oxygens (including phenoxy) is 1. The number of carbonyl (C=O) groups excluding carboxylic acids is 1. The highest BCUT2D eigenvalue weighted by Crippen LogP contribution is 2.24. The molecule has 108 valence electrons. The minimum Gasteiger partial charge on any atom is -0.466 e. The van der Waals surface area contributed by atoms with Crippen LogP contribution in [0.2, 0.25) is 0 Å². The normalized spacial score (nSPS) is 10.7. The van der Waals surface area contributed by atoms with Crippen molar-refractivity contribution in [2.45, 2.75) is 13.3 Å². The van der Waals surface area contributed by atoms with Gasteiger partial charge in [0, 0.05) is 5.38 Å². The third-order valence-corrected chi connectivity index (χ3v) is 3.23. The number of aliphatic imine (C=N–C) groups is 1. The van der Waals surface area contributed by atoms with Crippen molar-refractivity contribution in [3.8, 4) is 0 Å². The predicted molar refractivity (Wildman–Crippen MR) is 82.3 cm³/mol. The topological polar surface area (TPSA) is 76.3 Å². The lowest BCUT2D eigenvalue weighted by molar-refractivity contribution is -0.142. The van der Waals surface area contributed by atoms with Gasteiger partial charge in [-0.2, -0.15) is 0 Å². The molecule has 0 saturated heterocycles. The minimum atomic E-state index is -0.293. The standard InChI is InChI=1S/C14H14N4O2S/c1-3-20-13(19)8-12-9-21-14(16-12)18-17-11-6-4-10(15-2)5-7-11/h4-7,9H,2-3,8H2,1H3. The van der Waals surface area contributed by atoms with Gasteiger partial charge >= 0.3 is 5.97 Å². The number of esters is 1. The molecule has 0 amide bonds. The smallest absolute Gasteiger partial charge is 0.311 e. The molecule has 0 aliphatic heterocycles. The first-order chi connectivity index (χ1) is 10.2. The van der Waals surface area contributed by atoms with Crippen LogP contribution in [0.3, 0.4) is 0 Å². The molecule has 0 unspecified atom stereocenters. The van der Waals surface area contributed by atoms with Crippen LogP contribution in [0.1, 0.15) is 12.6 Å². The van der Waals surface area contributed by atoms with E-state index in [0.717, 1.165) is 5.69 Å². The van der Waals surface area contributed by atoms with E-state index < -0.39 is 0 Å². The van der Waals surface area contributed by atoms with Gasteiger partial charge in [-0.25, -0.2) is 4.98 Å². The Kier molecular flexibility index (Phi) is 5.28. The van der Waals surface area contributed by atoms with Crippen LogP contribution < -0.4 is 0 Å². The molecule has 0 atom stereocenters. The van der Waals surface area contributed by atoms with E-state index in [1.54, 1.807) is 36.6 Å². The van der Waals surface area contributed by atoms with Crippen LogP contribution in [0.15, 0.2) is 44.9 Å². The second kappa shape index (κ2) is 7.39. The molecule has 1 aromatic heterocycles. The Labute approximate surface area is 126 Å². The fraction of sp³-hybridized carbons (Fsp3) is 0.214. The van der Waals surface area contributed by atoms with E-state index in [2.05, 4.69) is 26.9 Å². The number of aromatic nitrogens is 1. The van der Waals surface area contributed by atoms with E-state index in [1.165, 1.54) is 11.3 Å². The highest BCUT2D eigenvalue weighted by Gasteiger charge is 2.07. The van der Waals surface area contributed by atoms with Gasteiger partial charge in [-0.1, -0.05) is 0 Å². The Bertz CT molecular complexity index is 649. The zero-order chi connectivity index (χ0) is 15.1. The molecule has 2 rings (SSSR count). The summed E-state index contributed by atoms with van der Waals surface area (Å²) >= 11 is 1.33. The number of carbonyl (C=O) groups is 1. The highest BCUT2D eigenvalue weighted by atomic mass is 32.1. The molecule has 0 saturated carbocycles. The lowest BCUT2D eigenvalue weighted by Crippen LogP contribution is -2.07. The molecule has 0 radical (unpaired) electrons. The first-order valence-electron chi connectivity index (χ1n) is 6.30. The largest absolute Gasteiger partial charge is 0.466 e. The van der Waals surface area contributed by atoms with Gasteiger partial charge in [0.25, 0.3) is 0 Å². The van der Waals surface area contributed by atoms with Crippen molar-refractivity contribution in [3.63, 3.8) is 0 Å². The molecular formula is C14H14N4O2S. The summed E-state index contributed by atoms with van der Waals surface area (Å²) in [5.74, 6) is -0.293. The van der Waals surface area contributed by atoms with Crippen molar-refractivity contribution in [2.24, 2.45) is 15.2 Å². The summed E-state index contributed by atoms with van der Waals surface area (Å²) in [4.78, 5) is 19.3. The maximum atomic E-state index is 11.3. The summed E-state index contributed by atoms with van der Waals surface area (Å²) in [6.07, 6.45) is 0.152. The molecule has 6 nitrogen and oxygen atoms in total. The highest BCUT2D eigenvalue weighted by molar-refractivity contribution is 7.13. The van der Waals surface area contributed by atoms with Crippen LogP contribution >= 0.6 is 11.3 Å². The van der Waals surface area contributed by atoms with Gasteiger partial charge in [0.15, 0.2) is 0 Å². The first-order valence-corrected chi connectivity index (χ1v) is 7.17. The SMILES string of the molecule is C=Nc1ccc(N=Nc2nc(CC(=O)OCC)cs2)cc1. The zero-order valence-corrected chi connectivity index (χ0v) is 12.3. The Morgan fingerprint density at radius 2 is 2.00 bits per heavy atom. The molecule has 0 fully saturated rings. The summed E-state index contributed by atoms with van der Waals surface area (Å²) in [6, 6.07) is 7.19. The molecular weight excluding hydrogens is 288 g/mol. The van der Waals surface area contributed by atoms with Gasteiger partial charge in [-0.3, -0.25) is 9.79 Å². The van der Waals surface area contributed by atoms with Gasteiger partial charge in [-0.15, -0.1) is 21.6 Å². The Morgan fingerprint density at radius 1 is 1.29 bits per heavy atom. The maximum absolute atomic E-state index is 11.3. The molecule has 1 heterocycles. The van der Waals surface area contributed by atoms with Gasteiger partial charge in [0.1, 0.15) is 0 Å². The average molecular weight is 302 g/mol. The third kappa shape index (κ3) is 4.57. The fourth-order valence-electron chi connectivity index (χ4n) is 1.51. The molecule has 21 heavy (non-hydrogen) atoms. The molecule has 2 aromatic rings. The lowest BCUT2D eigenvalue weighted by atomic mass is 10.3. The summed E-state index contributed by atoms with van der Waals surface area (Å²) in [7, 11) is 0. The fourth-order valence-corrected chi connectivity index (χ4v) is 2.14. The third-order valence-electron chi connectivity index (χ3n) is 2.45. The van der Waals surface area contributed by atoms with Gasteiger partial charge < -0.3 is 4.74 Å². The molecule has 1 aromatic carbocycles. The van der Waals surface area contributed by atoms with E-state index in [9.17, 15) is 4.79 Å². The predicted octanol–water partition coefficient (Wildman–Crippen LogP) is 4.00. The molecule has 0 aliphatic rings. The summed E-state index contributed by atoms with van der Waals surface area (Å²) in [6.45, 7) is 5.58. The van der Waals surface area contributed by atoms with Crippen LogP contribution in [0, 0.1) is 0 Å². The maximum Gasteiger partial charge on any atom is 0.311 e. The van der Waals surface area contributed by atoms with Gasteiger partial charge in [-0.05, 0) is 37.9 Å². The van der Waals surface area contributed by atoms with E-state index in [1.807, 2.05) is 0 Å². The molecule has 7 heteroatoms. The summed E-state index contributed by atoms with van der Waals surface area (Å²) in [5, 5.41) is 10.4. The van der Waals surface area contributed by atoms with Crippen molar-refractivity contribution in [1.29, 1.82) is 0 Å². The molecule has 0 spiro atoms. The quantitative estimate of drug-likeness (QED) is 0.460. The zero-order valence-electron chi connectivity index (χ0n) is 11.5. The Balaban J connectivity index is 1.99. The average Bonchev–Trinajstić information content (AvgIpc) is 2.93. The number of thiazole rings is 1. The van der Waals surface area contributed by atoms with Crippen LogP contribution in [-0.4, -0.2) is 24.3 Å². The Hall–Kier alpha value is -2.41. The van der Waals surface area contributed by atoms with E-state index in [0.29, 0.717) is 23.1 Å². The van der Waals surface area contributed by atoms with Crippen molar-refractivity contribution >= 4 is 40.5 Å². The number of hydrogen-bond acceptors (Lipinski definition) is 7. The number of nitrogens with zero attached hydrogens (tertiary/aromatic N) is 4. The number of azo groups is 1. The van der Waals surface area contributed by atoms with Gasteiger partial charge in [0.05, 0.1) is 30.1 Å². The summed E-state index contributed by atoms with van der Waals surface area (Å²) in [5.41, 5.74) is 2.11.